The number of fused-ring (bicyclic) bond motifs is 1. The van der Waals surface area contributed by atoms with Crippen molar-refractivity contribution in [1.82, 2.24) is 20.1 Å². The van der Waals surface area contributed by atoms with Crippen molar-refractivity contribution in [2.75, 3.05) is 45.8 Å². The van der Waals surface area contributed by atoms with Gasteiger partial charge in [-0.15, -0.1) is 0 Å². The van der Waals surface area contributed by atoms with E-state index in [-0.39, 0.29) is 11.7 Å². The molecule has 4 rings (SSSR count). The van der Waals surface area contributed by atoms with Crippen LogP contribution in [0.3, 0.4) is 0 Å². The van der Waals surface area contributed by atoms with Gasteiger partial charge in [0.25, 0.3) is 5.91 Å². The number of amides is 1. The van der Waals surface area contributed by atoms with Crippen LogP contribution in [0.4, 0.5) is 4.39 Å². The number of carbonyl (C=O) groups excluding carboxylic acids is 1. The van der Waals surface area contributed by atoms with E-state index in [0.29, 0.717) is 12.1 Å². The topological polar surface area (TPSA) is 48.5 Å². The Morgan fingerprint density at radius 1 is 1.03 bits per heavy atom. The Bertz CT molecular complexity index is 1090. The normalized spacial score (nSPS) is 15.1. The molecule has 0 aliphatic carbocycles. The number of nitrogens with one attached hydrogen (secondary N) is 1. The Morgan fingerprint density at radius 2 is 1.73 bits per heavy atom. The van der Waals surface area contributed by atoms with Crippen molar-refractivity contribution in [1.29, 1.82) is 0 Å². The maximum atomic E-state index is 13.4. The summed E-state index contributed by atoms with van der Waals surface area (Å²) in [5.41, 5.74) is 3.96. The molecule has 1 amide bonds. The van der Waals surface area contributed by atoms with E-state index >= 15 is 0 Å². The summed E-state index contributed by atoms with van der Waals surface area (Å²) < 4.78 is 13.4. The van der Waals surface area contributed by atoms with Crippen LogP contribution in [0.25, 0.3) is 22.0 Å². The summed E-state index contributed by atoms with van der Waals surface area (Å²) in [5, 5.41) is 3.91. The van der Waals surface area contributed by atoms with E-state index in [0.717, 1.165) is 66.9 Å². The maximum Gasteiger partial charge on any atom is 0.252 e. The third kappa shape index (κ3) is 5.75. The SMILES string of the molecule is CCCN1CCN(CCCNC(=O)c2cc(C)nc3c(-c4ccc(F)cc4)cccc23)CC1. The molecule has 0 atom stereocenters. The van der Waals surface area contributed by atoms with Crippen LogP contribution in [0, 0.1) is 12.7 Å². The van der Waals surface area contributed by atoms with Crippen molar-refractivity contribution in [3.63, 3.8) is 0 Å². The molecule has 1 aliphatic heterocycles. The first-order chi connectivity index (χ1) is 16.0. The number of rotatable bonds is 8. The van der Waals surface area contributed by atoms with Crippen LogP contribution < -0.4 is 5.32 Å². The number of pyridine rings is 1. The molecule has 0 saturated carbocycles. The molecule has 0 bridgehead atoms. The number of piperazine rings is 1. The molecule has 1 saturated heterocycles. The summed E-state index contributed by atoms with van der Waals surface area (Å²) in [6.07, 6.45) is 2.14. The molecule has 1 fully saturated rings. The van der Waals surface area contributed by atoms with Gasteiger partial charge in [-0.25, -0.2) is 4.39 Å². The second-order valence-electron chi connectivity index (χ2n) is 8.81. The number of nitrogens with zero attached hydrogens (tertiary/aromatic N) is 3. The fourth-order valence-corrected chi connectivity index (χ4v) is 4.58. The van der Waals surface area contributed by atoms with Gasteiger partial charge in [0.05, 0.1) is 11.1 Å². The molecular weight excluding hydrogens is 415 g/mol. The third-order valence-electron chi connectivity index (χ3n) is 6.31. The second kappa shape index (κ2) is 10.9. The molecule has 3 aromatic rings. The first kappa shape index (κ1) is 23.3. The molecule has 2 heterocycles. The van der Waals surface area contributed by atoms with E-state index in [9.17, 15) is 9.18 Å². The van der Waals surface area contributed by atoms with Crippen LogP contribution in [0.2, 0.25) is 0 Å². The number of aryl methyl sites for hydroxylation is 1. The van der Waals surface area contributed by atoms with Gasteiger partial charge in [-0.1, -0.05) is 37.3 Å². The molecule has 2 aromatic carbocycles. The summed E-state index contributed by atoms with van der Waals surface area (Å²) in [4.78, 5) is 22.8. The lowest BCUT2D eigenvalue weighted by molar-refractivity contribution is 0.0949. The molecule has 0 unspecified atom stereocenters. The zero-order valence-electron chi connectivity index (χ0n) is 19.6. The molecule has 33 heavy (non-hydrogen) atoms. The second-order valence-corrected chi connectivity index (χ2v) is 8.81. The Morgan fingerprint density at radius 3 is 2.42 bits per heavy atom. The molecule has 0 radical (unpaired) electrons. The highest BCUT2D eigenvalue weighted by Crippen LogP contribution is 2.29. The smallest absolute Gasteiger partial charge is 0.252 e. The highest BCUT2D eigenvalue weighted by molar-refractivity contribution is 6.09. The Hall–Kier alpha value is -2.83. The summed E-state index contributed by atoms with van der Waals surface area (Å²) in [6.45, 7) is 11.5. The van der Waals surface area contributed by atoms with E-state index in [2.05, 4.69) is 22.0 Å². The number of halogens is 1. The molecule has 6 heteroatoms. The van der Waals surface area contributed by atoms with Gasteiger partial charge in [-0.2, -0.15) is 0 Å². The van der Waals surface area contributed by atoms with Crippen LogP contribution >= 0.6 is 0 Å². The van der Waals surface area contributed by atoms with E-state index in [1.54, 1.807) is 12.1 Å². The standard InChI is InChI=1S/C27H33FN4O/c1-3-13-31-15-17-32(18-16-31)14-5-12-29-27(33)25-19-20(2)30-26-23(6-4-7-24(25)26)21-8-10-22(28)11-9-21/h4,6-11,19H,3,5,12-18H2,1-2H3,(H,29,33). The number of carbonyl (C=O) groups is 1. The van der Waals surface area contributed by atoms with Gasteiger partial charge in [-0.05, 0) is 56.6 Å². The first-order valence-corrected chi connectivity index (χ1v) is 11.9. The van der Waals surface area contributed by atoms with Crippen molar-refractivity contribution in [3.05, 3.63) is 65.6 Å². The fraction of sp³-hybridized carbons (Fsp3) is 0.407. The lowest BCUT2D eigenvalue weighted by Gasteiger charge is -2.34. The van der Waals surface area contributed by atoms with Gasteiger partial charge < -0.3 is 15.1 Å². The van der Waals surface area contributed by atoms with Crippen molar-refractivity contribution in [2.45, 2.75) is 26.7 Å². The van der Waals surface area contributed by atoms with E-state index in [1.807, 2.05) is 31.2 Å². The minimum absolute atomic E-state index is 0.0745. The van der Waals surface area contributed by atoms with Crippen molar-refractivity contribution in [2.24, 2.45) is 0 Å². The number of benzene rings is 2. The number of aromatic nitrogens is 1. The quantitative estimate of drug-likeness (QED) is 0.516. The first-order valence-electron chi connectivity index (χ1n) is 11.9. The zero-order valence-corrected chi connectivity index (χ0v) is 19.6. The van der Waals surface area contributed by atoms with Crippen molar-refractivity contribution in [3.8, 4) is 11.1 Å². The Labute approximate surface area is 195 Å². The number of para-hydroxylation sites is 1. The monoisotopic (exact) mass is 448 g/mol. The van der Waals surface area contributed by atoms with Crippen LogP contribution in [0.5, 0.6) is 0 Å². The Kier molecular flexibility index (Phi) is 7.68. The minimum atomic E-state index is -0.272. The Balaban J connectivity index is 1.41. The maximum absolute atomic E-state index is 13.4. The van der Waals surface area contributed by atoms with Gasteiger partial charge >= 0.3 is 0 Å². The summed E-state index contributed by atoms with van der Waals surface area (Å²) in [7, 11) is 0. The highest BCUT2D eigenvalue weighted by Gasteiger charge is 2.17. The fourth-order valence-electron chi connectivity index (χ4n) is 4.58. The predicted molar refractivity (Wildman–Crippen MR) is 132 cm³/mol. The number of hydrogen-bond acceptors (Lipinski definition) is 4. The molecule has 1 N–H and O–H groups in total. The molecule has 1 aliphatic rings. The van der Waals surface area contributed by atoms with E-state index in [1.165, 1.54) is 25.1 Å². The zero-order chi connectivity index (χ0) is 23.2. The van der Waals surface area contributed by atoms with Crippen LogP contribution in [0.15, 0.2) is 48.5 Å². The highest BCUT2D eigenvalue weighted by atomic mass is 19.1. The molecule has 1 aromatic heterocycles. The number of hydrogen-bond donors (Lipinski definition) is 1. The minimum Gasteiger partial charge on any atom is -0.352 e. The largest absolute Gasteiger partial charge is 0.352 e. The van der Waals surface area contributed by atoms with Crippen LogP contribution in [-0.4, -0.2) is 66.5 Å². The lowest BCUT2D eigenvalue weighted by atomic mass is 9.98. The average molecular weight is 449 g/mol. The van der Waals surface area contributed by atoms with Gasteiger partial charge in [0.1, 0.15) is 5.82 Å². The molecular formula is C27H33FN4O. The van der Waals surface area contributed by atoms with Gasteiger partial charge in [-0.3, -0.25) is 9.78 Å². The summed E-state index contributed by atoms with van der Waals surface area (Å²) in [6, 6.07) is 14.0. The lowest BCUT2D eigenvalue weighted by Crippen LogP contribution is -2.47. The van der Waals surface area contributed by atoms with E-state index < -0.39 is 0 Å². The average Bonchev–Trinajstić information content (AvgIpc) is 2.82. The van der Waals surface area contributed by atoms with Gasteiger partial charge in [0.2, 0.25) is 0 Å². The third-order valence-corrected chi connectivity index (χ3v) is 6.31. The van der Waals surface area contributed by atoms with Crippen LogP contribution in [0.1, 0.15) is 35.8 Å². The molecule has 5 nitrogen and oxygen atoms in total. The molecule has 0 spiro atoms. The molecule has 174 valence electrons. The van der Waals surface area contributed by atoms with Crippen LogP contribution in [-0.2, 0) is 0 Å². The summed E-state index contributed by atoms with van der Waals surface area (Å²) >= 11 is 0. The van der Waals surface area contributed by atoms with Crippen molar-refractivity contribution >= 4 is 16.8 Å². The van der Waals surface area contributed by atoms with Gasteiger partial charge in [0.15, 0.2) is 0 Å². The van der Waals surface area contributed by atoms with Crippen molar-refractivity contribution < 1.29 is 9.18 Å². The summed E-state index contributed by atoms with van der Waals surface area (Å²) in [5.74, 6) is -0.347. The predicted octanol–water partition coefficient (Wildman–Crippen LogP) is 4.50. The van der Waals surface area contributed by atoms with Gasteiger partial charge in [0, 0.05) is 49.4 Å². The van der Waals surface area contributed by atoms with E-state index in [4.69, 9.17) is 4.98 Å².